The van der Waals surface area contributed by atoms with Crippen molar-refractivity contribution in [2.75, 3.05) is 20.8 Å². The van der Waals surface area contributed by atoms with Crippen LogP contribution >= 0.6 is 0 Å². The van der Waals surface area contributed by atoms with E-state index in [1.807, 2.05) is 0 Å². The number of carbonyl (C=O) groups excluding carboxylic acids is 2. The zero-order chi connectivity index (χ0) is 11.3. The zero-order valence-electron chi connectivity index (χ0n) is 8.99. The average molecular weight is 213 g/mol. The molecule has 0 aliphatic carbocycles. The van der Waals surface area contributed by atoms with Crippen LogP contribution in [0.4, 0.5) is 0 Å². The summed E-state index contributed by atoms with van der Waals surface area (Å²) in [7, 11) is 2.64. The van der Waals surface area contributed by atoms with Gasteiger partial charge in [-0.25, -0.2) is 4.79 Å². The largest absolute Gasteiger partial charge is 0.489 e. The van der Waals surface area contributed by atoms with Gasteiger partial charge in [0.05, 0.1) is 20.4 Å². The SMILES string of the molecule is COC(=O)C(=CN1CCCCC1=O)OC. The van der Waals surface area contributed by atoms with E-state index in [2.05, 4.69) is 4.74 Å². The number of hydrogen-bond acceptors (Lipinski definition) is 4. The minimum absolute atomic E-state index is 0.0136. The Morgan fingerprint density at radius 3 is 2.60 bits per heavy atom. The van der Waals surface area contributed by atoms with Gasteiger partial charge in [0.25, 0.3) is 0 Å². The predicted octanol–water partition coefficient (Wildman–Crippen LogP) is 0.660. The van der Waals surface area contributed by atoms with Crippen molar-refractivity contribution in [3.8, 4) is 0 Å². The van der Waals surface area contributed by atoms with Gasteiger partial charge in [0.2, 0.25) is 11.7 Å². The predicted molar refractivity (Wildman–Crippen MR) is 52.7 cm³/mol. The van der Waals surface area contributed by atoms with Crippen molar-refractivity contribution >= 4 is 11.9 Å². The lowest BCUT2D eigenvalue weighted by molar-refractivity contribution is -0.139. The van der Waals surface area contributed by atoms with Gasteiger partial charge < -0.3 is 14.4 Å². The van der Waals surface area contributed by atoms with Crippen molar-refractivity contribution in [2.45, 2.75) is 19.3 Å². The molecule has 1 aliphatic rings. The minimum atomic E-state index is -0.573. The summed E-state index contributed by atoms with van der Waals surface area (Å²) in [5, 5.41) is 0. The van der Waals surface area contributed by atoms with Gasteiger partial charge in [-0.3, -0.25) is 4.79 Å². The molecule has 0 spiro atoms. The first-order valence-electron chi connectivity index (χ1n) is 4.82. The fourth-order valence-electron chi connectivity index (χ4n) is 1.39. The number of methoxy groups -OCH3 is 2. The molecule has 0 N–H and O–H groups in total. The Bertz CT molecular complexity index is 285. The van der Waals surface area contributed by atoms with Crippen LogP contribution in [-0.4, -0.2) is 37.5 Å². The van der Waals surface area contributed by atoms with E-state index in [0.717, 1.165) is 12.8 Å². The first kappa shape index (κ1) is 11.6. The van der Waals surface area contributed by atoms with Crippen LogP contribution in [0.1, 0.15) is 19.3 Å². The number of nitrogens with zero attached hydrogens (tertiary/aromatic N) is 1. The Balaban J connectivity index is 2.73. The third-order valence-electron chi connectivity index (χ3n) is 2.24. The lowest BCUT2D eigenvalue weighted by atomic mass is 10.1. The summed E-state index contributed by atoms with van der Waals surface area (Å²) in [6.07, 6.45) is 3.78. The van der Waals surface area contributed by atoms with E-state index >= 15 is 0 Å². The second-order valence-electron chi connectivity index (χ2n) is 3.23. The first-order chi connectivity index (χ1) is 7.19. The number of ether oxygens (including phenoxy) is 2. The number of rotatable bonds is 3. The van der Waals surface area contributed by atoms with Crippen molar-refractivity contribution in [3.63, 3.8) is 0 Å². The quantitative estimate of drug-likeness (QED) is 0.392. The molecule has 1 amide bonds. The fraction of sp³-hybridized carbons (Fsp3) is 0.600. The summed E-state index contributed by atoms with van der Waals surface area (Å²) in [6.45, 7) is 0.628. The summed E-state index contributed by atoms with van der Waals surface area (Å²) in [5.74, 6) is -0.511. The highest BCUT2D eigenvalue weighted by Gasteiger charge is 2.19. The van der Waals surface area contributed by atoms with Gasteiger partial charge >= 0.3 is 5.97 Å². The summed E-state index contributed by atoms with van der Waals surface area (Å²) < 4.78 is 9.36. The molecule has 84 valence electrons. The molecular formula is C10H15NO4. The van der Waals surface area contributed by atoms with Crippen LogP contribution in [0, 0.1) is 0 Å². The van der Waals surface area contributed by atoms with Crippen LogP contribution in [0.15, 0.2) is 12.0 Å². The maximum absolute atomic E-state index is 11.4. The Labute approximate surface area is 88.6 Å². The summed E-state index contributed by atoms with van der Waals surface area (Å²) in [5.41, 5.74) is 0. The number of piperidine rings is 1. The normalized spacial score (nSPS) is 17.6. The topological polar surface area (TPSA) is 55.8 Å². The highest BCUT2D eigenvalue weighted by molar-refractivity contribution is 5.87. The minimum Gasteiger partial charge on any atom is -0.489 e. The Kier molecular flexibility index (Phi) is 4.15. The van der Waals surface area contributed by atoms with Gasteiger partial charge in [-0.1, -0.05) is 0 Å². The molecule has 15 heavy (non-hydrogen) atoms. The highest BCUT2D eigenvalue weighted by Crippen LogP contribution is 2.12. The fourth-order valence-corrected chi connectivity index (χ4v) is 1.39. The standard InChI is InChI=1S/C10H15NO4/c1-14-8(10(13)15-2)7-11-6-4-3-5-9(11)12/h7H,3-6H2,1-2H3. The third kappa shape index (κ3) is 2.97. The molecule has 5 nitrogen and oxygen atoms in total. The van der Waals surface area contributed by atoms with E-state index in [-0.39, 0.29) is 11.7 Å². The van der Waals surface area contributed by atoms with Gasteiger partial charge in [-0.15, -0.1) is 0 Å². The molecule has 0 bridgehead atoms. The Morgan fingerprint density at radius 1 is 1.33 bits per heavy atom. The van der Waals surface area contributed by atoms with Crippen LogP contribution in [0.3, 0.4) is 0 Å². The monoisotopic (exact) mass is 213 g/mol. The molecule has 1 heterocycles. The van der Waals surface area contributed by atoms with Gasteiger partial charge in [0, 0.05) is 13.0 Å². The molecule has 0 aromatic heterocycles. The number of esters is 1. The van der Waals surface area contributed by atoms with Crippen LogP contribution in [0.5, 0.6) is 0 Å². The van der Waals surface area contributed by atoms with Crippen molar-refractivity contribution in [1.29, 1.82) is 0 Å². The molecule has 1 saturated heterocycles. The van der Waals surface area contributed by atoms with Crippen molar-refractivity contribution in [2.24, 2.45) is 0 Å². The second kappa shape index (κ2) is 5.38. The molecule has 5 heteroatoms. The summed E-state index contributed by atoms with van der Waals surface area (Å²) in [6, 6.07) is 0. The second-order valence-corrected chi connectivity index (χ2v) is 3.23. The molecule has 1 rings (SSSR count). The molecule has 1 fully saturated rings. The van der Waals surface area contributed by atoms with E-state index in [1.54, 1.807) is 0 Å². The van der Waals surface area contributed by atoms with E-state index in [0.29, 0.717) is 13.0 Å². The molecule has 0 aromatic rings. The highest BCUT2D eigenvalue weighted by atomic mass is 16.6. The number of hydrogen-bond donors (Lipinski definition) is 0. The number of amides is 1. The Hall–Kier alpha value is -1.52. The van der Waals surface area contributed by atoms with Crippen LogP contribution in [-0.2, 0) is 19.1 Å². The smallest absolute Gasteiger partial charge is 0.374 e. The molecule has 0 saturated carbocycles. The first-order valence-corrected chi connectivity index (χ1v) is 4.82. The molecule has 0 aromatic carbocycles. The van der Waals surface area contributed by atoms with E-state index in [9.17, 15) is 9.59 Å². The number of likely N-dealkylation sites (tertiary alicyclic amines) is 1. The van der Waals surface area contributed by atoms with Crippen molar-refractivity contribution in [3.05, 3.63) is 12.0 Å². The molecule has 0 atom stereocenters. The maximum atomic E-state index is 11.4. The average Bonchev–Trinajstić information content (AvgIpc) is 2.27. The molecule has 0 radical (unpaired) electrons. The Morgan fingerprint density at radius 2 is 2.07 bits per heavy atom. The summed E-state index contributed by atoms with van der Waals surface area (Å²) >= 11 is 0. The van der Waals surface area contributed by atoms with Gasteiger partial charge in [-0.05, 0) is 12.8 Å². The van der Waals surface area contributed by atoms with E-state index in [4.69, 9.17) is 4.74 Å². The van der Waals surface area contributed by atoms with Gasteiger partial charge in [0.1, 0.15) is 0 Å². The van der Waals surface area contributed by atoms with Crippen LogP contribution < -0.4 is 0 Å². The van der Waals surface area contributed by atoms with Crippen LogP contribution in [0.25, 0.3) is 0 Å². The van der Waals surface area contributed by atoms with Crippen molar-refractivity contribution in [1.82, 2.24) is 4.90 Å². The summed E-state index contributed by atoms with van der Waals surface area (Å²) in [4.78, 5) is 24.1. The van der Waals surface area contributed by atoms with Gasteiger partial charge in [0.15, 0.2) is 0 Å². The molecular weight excluding hydrogens is 198 g/mol. The third-order valence-corrected chi connectivity index (χ3v) is 2.24. The molecule has 1 aliphatic heterocycles. The number of carbonyl (C=O) groups is 2. The zero-order valence-corrected chi connectivity index (χ0v) is 8.99. The lowest BCUT2D eigenvalue weighted by Gasteiger charge is -2.23. The van der Waals surface area contributed by atoms with Crippen LogP contribution in [0.2, 0.25) is 0 Å². The van der Waals surface area contributed by atoms with Gasteiger partial charge in [-0.2, -0.15) is 0 Å². The lowest BCUT2D eigenvalue weighted by Crippen LogP contribution is -2.31. The van der Waals surface area contributed by atoms with E-state index in [1.165, 1.54) is 25.3 Å². The molecule has 0 unspecified atom stereocenters. The van der Waals surface area contributed by atoms with Crippen molar-refractivity contribution < 1.29 is 19.1 Å². The van der Waals surface area contributed by atoms with E-state index < -0.39 is 5.97 Å². The maximum Gasteiger partial charge on any atom is 0.374 e.